The molecule has 0 saturated heterocycles. The Balaban J connectivity index is 2.76. The summed E-state index contributed by atoms with van der Waals surface area (Å²) in [5, 5.41) is 0. The zero-order valence-electron chi connectivity index (χ0n) is 8.41. The van der Waals surface area contributed by atoms with E-state index in [2.05, 4.69) is 19.0 Å². The summed E-state index contributed by atoms with van der Waals surface area (Å²) in [5.74, 6) is -0.463. The Hall–Kier alpha value is -1.10. The van der Waals surface area contributed by atoms with Crippen LogP contribution >= 0.6 is 7.60 Å². The molecule has 0 amide bonds. The second-order valence-corrected chi connectivity index (χ2v) is 4.90. The molecule has 0 aliphatic carbocycles. The smallest absolute Gasteiger partial charge is 0.312 e. The molecule has 0 aliphatic heterocycles. The molecule has 0 saturated carbocycles. The molecular weight excluding hydrogens is 219 g/mol. The Morgan fingerprint density at radius 2 is 1.87 bits per heavy atom. The second kappa shape index (κ2) is 5.11. The maximum absolute atomic E-state index is 11.6. The number of ketones is 1. The lowest BCUT2D eigenvalue weighted by molar-refractivity contribution is 0.0998. The van der Waals surface area contributed by atoms with E-state index in [1.165, 1.54) is 26.6 Å². The van der Waals surface area contributed by atoms with Gasteiger partial charge in [-0.1, -0.05) is 0 Å². The maximum atomic E-state index is 11.6. The van der Waals surface area contributed by atoms with Crippen molar-refractivity contribution in [1.29, 1.82) is 0 Å². The highest BCUT2D eigenvalue weighted by Crippen LogP contribution is 2.46. The fraction of sp³-hybridized carbons (Fsp3) is 0.375. The van der Waals surface area contributed by atoms with Gasteiger partial charge in [-0.25, -0.2) is 9.97 Å². The van der Waals surface area contributed by atoms with Gasteiger partial charge in [-0.05, 0) is 6.07 Å². The van der Waals surface area contributed by atoms with Crippen LogP contribution in [0, 0.1) is 0 Å². The number of carbonyl (C=O) groups excluding carboxylic acids is 1. The second-order valence-electron chi connectivity index (χ2n) is 2.63. The Bertz CT molecular complexity index is 373. The number of nitrogens with zero attached hydrogens (tertiary/aromatic N) is 2. The first kappa shape index (κ1) is 12.0. The predicted octanol–water partition coefficient (Wildman–Crippen LogP) is 1.15. The molecule has 1 heterocycles. The Morgan fingerprint density at radius 3 is 2.33 bits per heavy atom. The van der Waals surface area contributed by atoms with Crippen molar-refractivity contribution in [2.45, 2.75) is 0 Å². The van der Waals surface area contributed by atoms with Gasteiger partial charge in [0.2, 0.25) is 5.78 Å². The van der Waals surface area contributed by atoms with Crippen LogP contribution in [0.1, 0.15) is 10.6 Å². The van der Waals surface area contributed by atoms with Gasteiger partial charge in [0.15, 0.2) is 5.82 Å². The van der Waals surface area contributed by atoms with E-state index in [0.717, 1.165) is 0 Å². The Kier molecular flexibility index (Phi) is 4.08. The number of Topliss-reactive ketones (excluding diaryl/α,β-unsaturated/α-hetero) is 1. The molecule has 1 aromatic heterocycles. The molecule has 6 nitrogen and oxygen atoms in total. The number of hydrogen-bond donors (Lipinski definition) is 0. The van der Waals surface area contributed by atoms with E-state index in [1.807, 2.05) is 0 Å². The minimum Gasteiger partial charge on any atom is -0.312 e. The summed E-state index contributed by atoms with van der Waals surface area (Å²) in [6.07, 6.45) is 2.51. The van der Waals surface area contributed by atoms with Crippen molar-refractivity contribution in [3.8, 4) is 0 Å². The number of carbonyl (C=O) groups is 1. The Labute approximate surface area is 87.2 Å². The quantitative estimate of drug-likeness (QED) is 0.557. The van der Waals surface area contributed by atoms with Gasteiger partial charge in [0.1, 0.15) is 6.16 Å². The minimum absolute atomic E-state index is 0.00632. The summed E-state index contributed by atoms with van der Waals surface area (Å²) in [7, 11) is -0.881. The van der Waals surface area contributed by atoms with Crippen molar-refractivity contribution in [2.75, 3.05) is 20.4 Å². The standard InChI is InChI=1S/C8H11N2O4P/c1-13-15(12,14-2)6-7(11)8-9-4-3-5-10-8/h3-5H,6H2,1-2H3. The van der Waals surface area contributed by atoms with E-state index in [4.69, 9.17) is 0 Å². The summed E-state index contributed by atoms with van der Waals surface area (Å²) in [6, 6.07) is 1.59. The topological polar surface area (TPSA) is 78.4 Å². The fourth-order valence-electron chi connectivity index (χ4n) is 0.893. The SMILES string of the molecule is COP(=O)(CC(=O)c1ncccn1)OC. The first-order valence-electron chi connectivity index (χ1n) is 4.12. The average Bonchev–Trinajstić information content (AvgIpc) is 2.30. The molecule has 0 unspecified atom stereocenters. The normalized spacial score (nSPS) is 11.3. The van der Waals surface area contributed by atoms with Crippen LogP contribution in [-0.4, -0.2) is 36.1 Å². The molecule has 0 aromatic carbocycles. The van der Waals surface area contributed by atoms with Gasteiger partial charge < -0.3 is 9.05 Å². The summed E-state index contributed by atoms with van der Waals surface area (Å²) < 4.78 is 20.9. The van der Waals surface area contributed by atoms with Crippen LogP contribution in [0.4, 0.5) is 0 Å². The van der Waals surface area contributed by atoms with Crippen LogP contribution in [0.2, 0.25) is 0 Å². The van der Waals surface area contributed by atoms with Gasteiger partial charge in [-0.2, -0.15) is 0 Å². The lowest BCUT2D eigenvalue weighted by Gasteiger charge is -2.11. The first-order valence-corrected chi connectivity index (χ1v) is 5.85. The molecule has 0 atom stereocenters. The van der Waals surface area contributed by atoms with E-state index >= 15 is 0 Å². The van der Waals surface area contributed by atoms with Crippen molar-refractivity contribution in [2.24, 2.45) is 0 Å². The summed E-state index contributed by atoms with van der Waals surface area (Å²) in [6.45, 7) is 0. The minimum atomic E-state index is -3.33. The van der Waals surface area contributed by atoms with Gasteiger partial charge in [0.25, 0.3) is 0 Å². The molecule has 7 heteroatoms. The van der Waals surface area contributed by atoms with E-state index in [-0.39, 0.29) is 12.0 Å². The predicted molar refractivity (Wildman–Crippen MR) is 52.9 cm³/mol. The van der Waals surface area contributed by atoms with Crippen LogP contribution in [0.25, 0.3) is 0 Å². The Morgan fingerprint density at radius 1 is 1.33 bits per heavy atom. The summed E-state index contributed by atoms with van der Waals surface area (Å²) in [5.41, 5.74) is 0. The molecule has 0 N–H and O–H groups in total. The van der Waals surface area contributed by atoms with Crippen LogP contribution < -0.4 is 0 Å². The average molecular weight is 230 g/mol. The largest absolute Gasteiger partial charge is 0.338 e. The van der Waals surface area contributed by atoms with Crippen molar-refractivity contribution in [3.63, 3.8) is 0 Å². The van der Waals surface area contributed by atoms with Gasteiger partial charge in [-0.3, -0.25) is 9.36 Å². The summed E-state index contributed by atoms with van der Waals surface area (Å²) in [4.78, 5) is 19.0. The lowest BCUT2D eigenvalue weighted by Crippen LogP contribution is -2.11. The van der Waals surface area contributed by atoms with Crippen LogP contribution in [0.5, 0.6) is 0 Å². The van der Waals surface area contributed by atoms with E-state index in [0.29, 0.717) is 0 Å². The van der Waals surface area contributed by atoms with Crippen LogP contribution in [0.3, 0.4) is 0 Å². The molecule has 1 aromatic rings. The zero-order valence-corrected chi connectivity index (χ0v) is 9.31. The van der Waals surface area contributed by atoms with Gasteiger partial charge in [-0.15, -0.1) is 0 Å². The molecule has 0 bridgehead atoms. The first-order chi connectivity index (χ1) is 7.11. The maximum Gasteiger partial charge on any atom is 0.338 e. The molecule has 1 rings (SSSR count). The zero-order chi connectivity index (χ0) is 11.3. The molecule has 0 aliphatic rings. The van der Waals surface area contributed by atoms with Crippen molar-refractivity contribution >= 4 is 13.4 Å². The van der Waals surface area contributed by atoms with Gasteiger partial charge in [0, 0.05) is 26.6 Å². The molecule has 0 fully saturated rings. The van der Waals surface area contributed by atoms with Crippen molar-refractivity contribution in [1.82, 2.24) is 9.97 Å². The highest BCUT2D eigenvalue weighted by atomic mass is 31.2. The highest BCUT2D eigenvalue weighted by Gasteiger charge is 2.27. The van der Waals surface area contributed by atoms with Crippen molar-refractivity contribution < 1.29 is 18.4 Å². The van der Waals surface area contributed by atoms with Crippen molar-refractivity contribution in [3.05, 3.63) is 24.3 Å². The van der Waals surface area contributed by atoms with E-state index in [9.17, 15) is 9.36 Å². The van der Waals surface area contributed by atoms with Gasteiger partial charge in [0.05, 0.1) is 0 Å². The number of rotatable bonds is 5. The van der Waals surface area contributed by atoms with Crippen LogP contribution in [-0.2, 0) is 13.6 Å². The fourth-order valence-corrected chi connectivity index (χ4v) is 1.79. The molecule has 82 valence electrons. The van der Waals surface area contributed by atoms with E-state index < -0.39 is 13.4 Å². The van der Waals surface area contributed by atoms with Gasteiger partial charge >= 0.3 is 7.60 Å². The summed E-state index contributed by atoms with van der Waals surface area (Å²) >= 11 is 0. The third kappa shape index (κ3) is 3.20. The number of aromatic nitrogens is 2. The lowest BCUT2D eigenvalue weighted by atomic mass is 10.4. The third-order valence-electron chi connectivity index (χ3n) is 1.71. The third-order valence-corrected chi connectivity index (χ3v) is 3.50. The molecular formula is C8H11N2O4P. The molecule has 0 radical (unpaired) electrons. The molecule has 0 spiro atoms. The molecule has 15 heavy (non-hydrogen) atoms. The number of hydrogen-bond acceptors (Lipinski definition) is 6. The van der Waals surface area contributed by atoms with E-state index in [1.54, 1.807) is 6.07 Å². The van der Waals surface area contributed by atoms with Crippen LogP contribution in [0.15, 0.2) is 18.5 Å². The highest BCUT2D eigenvalue weighted by molar-refractivity contribution is 7.54. The monoisotopic (exact) mass is 230 g/mol.